The number of benzene rings is 2. The van der Waals surface area contributed by atoms with Gasteiger partial charge in [-0.25, -0.2) is 4.39 Å². The Balaban J connectivity index is 2.23. The minimum Gasteiger partial charge on any atom is -0.326 e. The molecule has 0 aliphatic rings. The number of nitrogens with one attached hydrogen (secondary N) is 1. The molecule has 0 unspecified atom stereocenters. The highest BCUT2D eigenvalue weighted by molar-refractivity contribution is 9.10. The van der Waals surface area contributed by atoms with E-state index in [9.17, 15) is 9.18 Å². The zero-order chi connectivity index (χ0) is 13.8. The second-order valence-corrected chi connectivity index (χ2v) is 4.81. The first-order valence-electron chi connectivity index (χ1n) is 5.66. The van der Waals surface area contributed by atoms with Gasteiger partial charge >= 0.3 is 0 Å². The van der Waals surface area contributed by atoms with Crippen LogP contribution in [-0.2, 0) is 6.54 Å². The molecule has 5 heteroatoms. The van der Waals surface area contributed by atoms with E-state index in [4.69, 9.17) is 5.73 Å². The number of anilines is 1. The third-order valence-corrected chi connectivity index (χ3v) is 3.23. The summed E-state index contributed by atoms with van der Waals surface area (Å²) in [5, 5.41) is 2.65. The standard InChI is InChI=1S/C14H12BrFN2O/c15-12-6-2-5-11(13(12)16)14(19)18-10-4-1-3-9(7-10)8-17/h1-7H,8,17H2,(H,18,19). The number of carbonyl (C=O) groups excluding carboxylic acids is 1. The molecule has 0 spiro atoms. The van der Waals surface area contributed by atoms with Gasteiger partial charge in [-0.2, -0.15) is 0 Å². The fourth-order valence-electron chi connectivity index (χ4n) is 1.65. The molecule has 0 aliphatic heterocycles. The number of carbonyl (C=O) groups is 1. The van der Waals surface area contributed by atoms with Crippen molar-refractivity contribution in [2.45, 2.75) is 6.54 Å². The topological polar surface area (TPSA) is 55.1 Å². The average Bonchev–Trinajstić information content (AvgIpc) is 2.42. The monoisotopic (exact) mass is 322 g/mol. The Hall–Kier alpha value is -1.72. The first kappa shape index (κ1) is 13.7. The predicted molar refractivity (Wildman–Crippen MR) is 76.4 cm³/mol. The van der Waals surface area contributed by atoms with Crippen molar-refractivity contribution < 1.29 is 9.18 Å². The first-order chi connectivity index (χ1) is 9.11. The lowest BCUT2D eigenvalue weighted by atomic mass is 10.1. The summed E-state index contributed by atoms with van der Waals surface area (Å²) in [6.07, 6.45) is 0. The van der Waals surface area contributed by atoms with Crippen molar-refractivity contribution in [2.24, 2.45) is 5.73 Å². The van der Waals surface area contributed by atoms with Crippen LogP contribution in [0, 0.1) is 5.82 Å². The van der Waals surface area contributed by atoms with Crippen molar-refractivity contribution in [3.63, 3.8) is 0 Å². The lowest BCUT2D eigenvalue weighted by molar-refractivity contribution is 0.102. The highest BCUT2D eigenvalue weighted by atomic mass is 79.9. The van der Waals surface area contributed by atoms with Crippen molar-refractivity contribution in [3.8, 4) is 0 Å². The minimum absolute atomic E-state index is 0.00692. The van der Waals surface area contributed by atoms with Gasteiger partial charge in [-0.1, -0.05) is 18.2 Å². The number of halogens is 2. The molecule has 1 amide bonds. The molecule has 3 N–H and O–H groups in total. The van der Waals surface area contributed by atoms with E-state index in [0.717, 1.165) is 5.56 Å². The van der Waals surface area contributed by atoms with E-state index < -0.39 is 11.7 Å². The second-order valence-electron chi connectivity index (χ2n) is 3.96. The van der Waals surface area contributed by atoms with Crippen LogP contribution in [0.3, 0.4) is 0 Å². The highest BCUT2D eigenvalue weighted by Crippen LogP contribution is 2.20. The summed E-state index contributed by atoms with van der Waals surface area (Å²) in [6.45, 7) is 0.384. The molecule has 0 bridgehead atoms. The summed E-state index contributed by atoms with van der Waals surface area (Å²) in [4.78, 5) is 12.0. The van der Waals surface area contributed by atoms with Gasteiger partial charge in [-0.05, 0) is 45.8 Å². The van der Waals surface area contributed by atoms with Crippen LogP contribution in [0.2, 0.25) is 0 Å². The quantitative estimate of drug-likeness (QED) is 0.911. The molecule has 0 heterocycles. The van der Waals surface area contributed by atoms with Crippen LogP contribution in [-0.4, -0.2) is 5.91 Å². The van der Waals surface area contributed by atoms with E-state index in [1.54, 1.807) is 30.3 Å². The Morgan fingerprint density at radius 2 is 2.00 bits per heavy atom. The smallest absolute Gasteiger partial charge is 0.258 e. The van der Waals surface area contributed by atoms with Gasteiger partial charge in [0.2, 0.25) is 0 Å². The van der Waals surface area contributed by atoms with Gasteiger partial charge in [-0.3, -0.25) is 4.79 Å². The third kappa shape index (κ3) is 3.19. The molecule has 2 rings (SSSR count). The molecule has 0 fully saturated rings. The van der Waals surface area contributed by atoms with Crippen LogP contribution < -0.4 is 11.1 Å². The molecule has 98 valence electrons. The predicted octanol–water partition coefficient (Wildman–Crippen LogP) is 3.30. The van der Waals surface area contributed by atoms with Gasteiger partial charge in [0.05, 0.1) is 10.0 Å². The number of hydrogen-bond acceptors (Lipinski definition) is 2. The fourth-order valence-corrected chi connectivity index (χ4v) is 2.02. The van der Waals surface area contributed by atoms with E-state index in [1.165, 1.54) is 6.07 Å². The fraction of sp³-hybridized carbons (Fsp3) is 0.0714. The Labute approximate surface area is 118 Å². The summed E-state index contributed by atoms with van der Waals surface area (Å²) >= 11 is 3.05. The Morgan fingerprint density at radius 3 is 2.74 bits per heavy atom. The molecule has 19 heavy (non-hydrogen) atoms. The van der Waals surface area contributed by atoms with E-state index in [2.05, 4.69) is 21.2 Å². The van der Waals surface area contributed by atoms with Gasteiger partial charge < -0.3 is 11.1 Å². The van der Waals surface area contributed by atoms with Crippen LogP contribution in [0.15, 0.2) is 46.9 Å². The normalized spacial score (nSPS) is 10.3. The first-order valence-corrected chi connectivity index (χ1v) is 6.45. The zero-order valence-corrected chi connectivity index (χ0v) is 11.6. The van der Waals surface area contributed by atoms with E-state index in [1.807, 2.05) is 6.07 Å². The van der Waals surface area contributed by atoms with Crippen LogP contribution >= 0.6 is 15.9 Å². The largest absolute Gasteiger partial charge is 0.326 e. The molecule has 0 saturated carbocycles. The van der Waals surface area contributed by atoms with Crippen LogP contribution in [0.1, 0.15) is 15.9 Å². The van der Waals surface area contributed by atoms with E-state index in [-0.39, 0.29) is 10.0 Å². The summed E-state index contributed by atoms with van der Waals surface area (Å²) < 4.78 is 14.0. The molecular weight excluding hydrogens is 311 g/mol. The van der Waals surface area contributed by atoms with E-state index in [0.29, 0.717) is 12.2 Å². The highest BCUT2D eigenvalue weighted by Gasteiger charge is 2.13. The average molecular weight is 323 g/mol. The summed E-state index contributed by atoms with van der Waals surface area (Å²) in [5.41, 5.74) is 7.00. The lowest BCUT2D eigenvalue weighted by Gasteiger charge is -2.08. The maximum atomic E-state index is 13.8. The van der Waals surface area contributed by atoms with Gasteiger partial charge in [0.25, 0.3) is 5.91 Å². The molecular formula is C14H12BrFN2O. The van der Waals surface area contributed by atoms with Gasteiger partial charge in [0.1, 0.15) is 5.82 Å². The number of hydrogen-bond donors (Lipinski definition) is 2. The van der Waals surface area contributed by atoms with Crippen molar-refractivity contribution in [1.82, 2.24) is 0 Å². The number of rotatable bonds is 3. The van der Waals surface area contributed by atoms with Crippen LogP contribution in [0.5, 0.6) is 0 Å². The molecule has 0 aliphatic carbocycles. The van der Waals surface area contributed by atoms with Gasteiger partial charge in [-0.15, -0.1) is 0 Å². The maximum Gasteiger partial charge on any atom is 0.258 e. The van der Waals surface area contributed by atoms with Crippen LogP contribution in [0.4, 0.5) is 10.1 Å². The van der Waals surface area contributed by atoms with Gasteiger partial charge in [0, 0.05) is 12.2 Å². The Kier molecular flexibility index (Phi) is 4.29. The molecule has 0 aromatic heterocycles. The second kappa shape index (κ2) is 5.95. The summed E-state index contributed by atoms with van der Waals surface area (Å²) in [6, 6.07) is 11.7. The Morgan fingerprint density at radius 1 is 1.26 bits per heavy atom. The summed E-state index contributed by atoms with van der Waals surface area (Å²) in [5.74, 6) is -1.07. The molecule has 2 aromatic rings. The van der Waals surface area contributed by atoms with Crippen molar-refractivity contribution >= 4 is 27.5 Å². The zero-order valence-electron chi connectivity index (χ0n) is 9.99. The SMILES string of the molecule is NCc1cccc(NC(=O)c2cccc(Br)c2F)c1. The molecule has 0 atom stereocenters. The van der Waals surface area contributed by atoms with Gasteiger partial charge in [0.15, 0.2) is 0 Å². The Bertz CT molecular complexity index is 616. The third-order valence-electron chi connectivity index (χ3n) is 2.62. The maximum absolute atomic E-state index is 13.8. The van der Waals surface area contributed by atoms with Crippen molar-refractivity contribution in [2.75, 3.05) is 5.32 Å². The minimum atomic E-state index is -0.574. The van der Waals surface area contributed by atoms with E-state index >= 15 is 0 Å². The van der Waals surface area contributed by atoms with Crippen LogP contribution in [0.25, 0.3) is 0 Å². The molecule has 0 radical (unpaired) electrons. The van der Waals surface area contributed by atoms with Crippen molar-refractivity contribution in [1.29, 1.82) is 0 Å². The van der Waals surface area contributed by atoms with Crippen molar-refractivity contribution in [3.05, 3.63) is 63.9 Å². The molecule has 3 nitrogen and oxygen atoms in total. The number of nitrogens with two attached hydrogens (primary N) is 1. The number of amides is 1. The summed E-state index contributed by atoms with van der Waals surface area (Å²) in [7, 11) is 0. The lowest BCUT2D eigenvalue weighted by Crippen LogP contribution is -2.14. The molecule has 0 saturated heterocycles. The molecule has 2 aromatic carbocycles.